The van der Waals surface area contributed by atoms with E-state index in [0.717, 1.165) is 17.8 Å². The number of anilines is 1. The zero-order chi connectivity index (χ0) is 12.7. The van der Waals surface area contributed by atoms with E-state index in [1.165, 1.54) is 53.5 Å². The summed E-state index contributed by atoms with van der Waals surface area (Å²) >= 11 is 3.56. The highest BCUT2D eigenvalue weighted by Crippen LogP contribution is 2.48. The van der Waals surface area contributed by atoms with Gasteiger partial charge in [0.2, 0.25) is 0 Å². The van der Waals surface area contributed by atoms with Crippen molar-refractivity contribution < 1.29 is 0 Å². The summed E-state index contributed by atoms with van der Waals surface area (Å²) < 4.78 is 1.18. The third-order valence-corrected chi connectivity index (χ3v) is 5.38. The van der Waals surface area contributed by atoms with Gasteiger partial charge >= 0.3 is 0 Å². The molecule has 18 heavy (non-hydrogen) atoms. The SMILES string of the molecule is Cc1cc(Br)cc(C)c1NCC1CC2CCC1C2. The zero-order valence-corrected chi connectivity index (χ0v) is 12.9. The largest absolute Gasteiger partial charge is 0.384 e. The smallest absolute Gasteiger partial charge is 0.0400 e. The molecule has 2 heteroatoms. The molecular weight excluding hydrogens is 286 g/mol. The summed E-state index contributed by atoms with van der Waals surface area (Å²) in [5.41, 5.74) is 4.05. The van der Waals surface area contributed by atoms with Gasteiger partial charge < -0.3 is 5.32 Å². The van der Waals surface area contributed by atoms with Crippen LogP contribution in [0.5, 0.6) is 0 Å². The Hall–Kier alpha value is -0.500. The highest BCUT2D eigenvalue weighted by atomic mass is 79.9. The first-order chi connectivity index (χ1) is 8.63. The Kier molecular flexibility index (Phi) is 3.40. The highest BCUT2D eigenvalue weighted by Gasteiger charge is 2.39. The summed E-state index contributed by atoms with van der Waals surface area (Å²) in [7, 11) is 0. The molecule has 1 aromatic rings. The second kappa shape index (κ2) is 4.88. The molecule has 1 aromatic carbocycles. The van der Waals surface area contributed by atoms with E-state index in [1.54, 1.807) is 0 Å². The lowest BCUT2D eigenvalue weighted by Gasteiger charge is -2.23. The van der Waals surface area contributed by atoms with Crippen LogP contribution < -0.4 is 5.32 Å². The molecule has 2 saturated carbocycles. The van der Waals surface area contributed by atoms with E-state index in [0.29, 0.717) is 0 Å². The van der Waals surface area contributed by atoms with Gasteiger partial charge in [0, 0.05) is 16.7 Å². The molecule has 0 aliphatic heterocycles. The fraction of sp³-hybridized carbons (Fsp3) is 0.625. The third-order valence-electron chi connectivity index (χ3n) is 4.92. The van der Waals surface area contributed by atoms with Gasteiger partial charge in [-0.3, -0.25) is 0 Å². The van der Waals surface area contributed by atoms with Crippen molar-refractivity contribution in [3.8, 4) is 0 Å². The molecule has 3 rings (SSSR count). The van der Waals surface area contributed by atoms with Gasteiger partial charge in [0.15, 0.2) is 0 Å². The molecule has 0 amide bonds. The van der Waals surface area contributed by atoms with Crippen LogP contribution in [0.3, 0.4) is 0 Å². The fourth-order valence-corrected chi connectivity index (χ4v) is 4.74. The van der Waals surface area contributed by atoms with Crippen LogP contribution in [0, 0.1) is 31.6 Å². The van der Waals surface area contributed by atoms with Crippen LogP contribution >= 0.6 is 15.9 Å². The molecule has 0 aromatic heterocycles. The predicted octanol–water partition coefficient (Wildman–Crippen LogP) is 4.91. The van der Waals surface area contributed by atoms with Gasteiger partial charge in [-0.2, -0.15) is 0 Å². The molecule has 3 unspecified atom stereocenters. The molecule has 0 heterocycles. The van der Waals surface area contributed by atoms with Crippen LogP contribution in [-0.4, -0.2) is 6.54 Å². The van der Waals surface area contributed by atoms with Gasteiger partial charge in [0.05, 0.1) is 0 Å². The Morgan fingerprint density at radius 2 is 1.89 bits per heavy atom. The van der Waals surface area contributed by atoms with E-state index >= 15 is 0 Å². The molecule has 2 aliphatic carbocycles. The minimum Gasteiger partial charge on any atom is -0.384 e. The van der Waals surface area contributed by atoms with Crippen molar-refractivity contribution in [1.82, 2.24) is 0 Å². The number of hydrogen-bond donors (Lipinski definition) is 1. The van der Waals surface area contributed by atoms with E-state index in [9.17, 15) is 0 Å². The van der Waals surface area contributed by atoms with Gasteiger partial charge in [-0.05, 0) is 74.1 Å². The lowest BCUT2D eigenvalue weighted by molar-refractivity contribution is 0.348. The van der Waals surface area contributed by atoms with Gasteiger partial charge in [-0.25, -0.2) is 0 Å². The topological polar surface area (TPSA) is 12.0 Å². The molecule has 0 spiro atoms. The number of rotatable bonds is 3. The maximum Gasteiger partial charge on any atom is 0.0400 e. The number of benzene rings is 1. The van der Waals surface area contributed by atoms with Crippen molar-refractivity contribution in [3.63, 3.8) is 0 Å². The van der Waals surface area contributed by atoms with E-state index in [1.807, 2.05) is 0 Å². The van der Waals surface area contributed by atoms with Crippen LogP contribution in [0.4, 0.5) is 5.69 Å². The Labute approximate surface area is 118 Å². The van der Waals surface area contributed by atoms with Crippen LogP contribution in [0.1, 0.15) is 36.8 Å². The molecule has 2 aliphatic rings. The second-order valence-electron chi connectivity index (χ2n) is 6.23. The zero-order valence-electron chi connectivity index (χ0n) is 11.3. The van der Waals surface area contributed by atoms with Gasteiger partial charge in [0.1, 0.15) is 0 Å². The molecule has 98 valence electrons. The van der Waals surface area contributed by atoms with Crippen molar-refractivity contribution in [3.05, 3.63) is 27.7 Å². The minimum absolute atomic E-state index is 0.922. The maximum absolute atomic E-state index is 3.71. The number of nitrogens with one attached hydrogen (secondary N) is 1. The first-order valence-electron chi connectivity index (χ1n) is 7.14. The van der Waals surface area contributed by atoms with Gasteiger partial charge in [-0.15, -0.1) is 0 Å². The number of hydrogen-bond acceptors (Lipinski definition) is 1. The number of halogens is 1. The van der Waals surface area contributed by atoms with Gasteiger partial charge in [-0.1, -0.05) is 22.4 Å². The quantitative estimate of drug-likeness (QED) is 0.836. The van der Waals surface area contributed by atoms with Crippen molar-refractivity contribution in [1.29, 1.82) is 0 Å². The van der Waals surface area contributed by atoms with E-state index < -0.39 is 0 Å². The van der Waals surface area contributed by atoms with Crippen molar-refractivity contribution in [2.45, 2.75) is 39.5 Å². The van der Waals surface area contributed by atoms with Crippen LogP contribution in [-0.2, 0) is 0 Å². The monoisotopic (exact) mass is 307 g/mol. The predicted molar refractivity (Wildman–Crippen MR) is 81.0 cm³/mol. The Morgan fingerprint density at radius 3 is 2.44 bits per heavy atom. The fourth-order valence-electron chi connectivity index (χ4n) is 4.05. The lowest BCUT2D eigenvalue weighted by atomic mass is 9.88. The van der Waals surface area contributed by atoms with Crippen molar-refractivity contribution in [2.75, 3.05) is 11.9 Å². The number of aryl methyl sites for hydroxylation is 2. The Balaban J connectivity index is 1.67. The molecule has 2 fully saturated rings. The van der Waals surface area contributed by atoms with Crippen molar-refractivity contribution >= 4 is 21.6 Å². The van der Waals surface area contributed by atoms with E-state index in [2.05, 4.69) is 47.2 Å². The second-order valence-corrected chi connectivity index (χ2v) is 7.15. The highest BCUT2D eigenvalue weighted by molar-refractivity contribution is 9.10. The Morgan fingerprint density at radius 1 is 1.17 bits per heavy atom. The average molecular weight is 308 g/mol. The Bertz CT molecular complexity index is 431. The summed E-state index contributed by atoms with van der Waals surface area (Å²) in [6.07, 6.45) is 5.95. The van der Waals surface area contributed by atoms with E-state index in [4.69, 9.17) is 0 Å². The van der Waals surface area contributed by atoms with Gasteiger partial charge in [0.25, 0.3) is 0 Å². The maximum atomic E-state index is 3.71. The summed E-state index contributed by atoms with van der Waals surface area (Å²) in [4.78, 5) is 0. The lowest BCUT2D eigenvalue weighted by Crippen LogP contribution is -2.20. The molecule has 0 radical (unpaired) electrons. The molecular formula is C16H22BrN. The first-order valence-corrected chi connectivity index (χ1v) is 7.93. The third kappa shape index (κ3) is 2.32. The van der Waals surface area contributed by atoms with Crippen LogP contribution in [0.15, 0.2) is 16.6 Å². The summed E-state index contributed by atoms with van der Waals surface area (Å²) in [6.45, 7) is 5.56. The minimum atomic E-state index is 0.922. The summed E-state index contributed by atoms with van der Waals surface area (Å²) in [5, 5.41) is 3.71. The summed E-state index contributed by atoms with van der Waals surface area (Å²) in [6, 6.07) is 4.41. The normalized spacial score (nSPS) is 29.8. The first kappa shape index (κ1) is 12.5. The summed E-state index contributed by atoms with van der Waals surface area (Å²) in [5.74, 6) is 2.98. The molecule has 0 saturated heterocycles. The van der Waals surface area contributed by atoms with E-state index in [-0.39, 0.29) is 0 Å². The van der Waals surface area contributed by atoms with Crippen LogP contribution in [0.25, 0.3) is 0 Å². The molecule has 1 N–H and O–H groups in total. The van der Waals surface area contributed by atoms with Crippen LogP contribution in [0.2, 0.25) is 0 Å². The standard InChI is InChI=1S/C16H22BrN/c1-10-5-15(17)6-11(2)16(10)18-9-14-8-12-3-4-13(14)7-12/h5-6,12-14,18H,3-4,7-9H2,1-2H3. The molecule has 1 nitrogen and oxygen atoms in total. The molecule has 3 atom stereocenters. The van der Waals surface area contributed by atoms with Crippen molar-refractivity contribution in [2.24, 2.45) is 17.8 Å². The average Bonchev–Trinajstić information content (AvgIpc) is 2.89. The number of fused-ring (bicyclic) bond motifs is 2. The molecule has 2 bridgehead atoms.